The van der Waals surface area contributed by atoms with Crippen LogP contribution in [0.15, 0.2) is 34.9 Å². The van der Waals surface area contributed by atoms with Crippen molar-refractivity contribution in [2.75, 3.05) is 27.2 Å². The predicted molar refractivity (Wildman–Crippen MR) is 84.9 cm³/mol. The molecule has 1 heterocycles. The summed E-state index contributed by atoms with van der Waals surface area (Å²) in [6.07, 6.45) is 6.46. The molecule has 2 N–H and O–H groups in total. The van der Waals surface area contributed by atoms with E-state index in [9.17, 15) is 19.2 Å². The first-order valence-corrected chi connectivity index (χ1v) is 7.45. The van der Waals surface area contributed by atoms with Gasteiger partial charge >= 0.3 is 12.0 Å². The van der Waals surface area contributed by atoms with Gasteiger partial charge in [-0.15, -0.1) is 0 Å². The minimum Gasteiger partial charge on any atom is -0.480 e. The number of amides is 4. The van der Waals surface area contributed by atoms with Crippen molar-refractivity contribution in [3.63, 3.8) is 0 Å². The van der Waals surface area contributed by atoms with Crippen molar-refractivity contribution in [2.45, 2.75) is 12.8 Å². The van der Waals surface area contributed by atoms with Crippen LogP contribution in [0.25, 0.3) is 0 Å². The number of likely N-dealkylation sites (N-methyl/N-ethyl adjacent to an activating group) is 2. The van der Waals surface area contributed by atoms with E-state index in [1.54, 1.807) is 6.08 Å². The summed E-state index contributed by atoms with van der Waals surface area (Å²) in [6, 6.07) is -0.650. The number of imide groups is 2. The highest BCUT2D eigenvalue weighted by Crippen LogP contribution is 2.25. The number of barbiturate groups is 1. The number of aliphatic carboxylic acids is 1. The zero-order chi connectivity index (χ0) is 17.9. The molecule has 0 atom stereocenters. The highest BCUT2D eigenvalue weighted by atomic mass is 16.4. The lowest BCUT2D eigenvalue weighted by Gasteiger charge is -2.30. The van der Waals surface area contributed by atoms with Crippen LogP contribution < -0.4 is 5.32 Å². The molecule has 4 amide bonds. The Hall–Kier alpha value is -2.74. The number of carbonyl (C=O) groups excluding carboxylic acids is 3. The maximum atomic E-state index is 12.3. The molecule has 2 rings (SSSR count). The van der Waals surface area contributed by atoms with Crippen LogP contribution in [0.3, 0.4) is 0 Å². The molecule has 0 aromatic heterocycles. The average molecular weight is 333 g/mol. The summed E-state index contributed by atoms with van der Waals surface area (Å²) >= 11 is 0. The summed E-state index contributed by atoms with van der Waals surface area (Å²) in [5.74, 6) is -2.14. The zero-order valence-corrected chi connectivity index (χ0v) is 13.5. The molecule has 0 unspecified atom stereocenters. The van der Waals surface area contributed by atoms with E-state index in [4.69, 9.17) is 5.11 Å². The molecule has 128 valence electrons. The van der Waals surface area contributed by atoms with Gasteiger partial charge in [-0.05, 0) is 30.5 Å². The number of carbonyl (C=O) groups is 4. The molecular formula is C16H19N3O5. The van der Waals surface area contributed by atoms with Gasteiger partial charge in [0.15, 0.2) is 0 Å². The van der Waals surface area contributed by atoms with Crippen LogP contribution in [0.1, 0.15) is 12.8 Å². The summed E-state index contributed by atoms with van der Waals surface area (Å²) in [4.78, 5) is 48.7. The van der Waals surface area contributed by atoms with E-state index in [0.29, 0.717) is 25.0 Å². The van der Waals surface area contributed by atoms with Crippen molar-refractivity contribution < 1.29 is 24.3 Å². The van der Waals surface area contributed by atoms with Gasteiger partial charge in [-0.1, -0.05) is 18.2 Å². The van der Waals surface area contributed by atoms with E-state index in [-0.39, 0.29) is 12.1 Å². The standard InChI is InChI=1S/C16H19N3O5/c1-18-14(22)13(15(23)19(2)16(18)24)11-5-3-4-10(8-11)6-7-17-9-12(20)21/h3-4,8,17H,5-7,9H2,1-2H3,(H,20,21). The van der Waals surface area contributed by atoms with Crippen molar-refractivity contribution in [3.05, 3.63) is 34.9 Å². The Morgan fingerprint density at radius 2 is 1.83 bits per heavy atom. The highest BCUT2D eigenvalue weighted by Gasteiger charge is 2.39. The summed E-state index contributed by atoms with van der Waals surface area (Å²) < 4.78 is 0. The molecule has 0 spiro atoms. The number of hydrogen-bond donors (Lipinski definition) is 2. The molecule has 8 nitrogen and oxygen atoms in total. The fourth-order valence-electron chi connectivity index (χ4n) is 2.53. The fourth-order valence-corrected chi connectivity index (χ4v) is 2.53. The Morgan fingerprint density at radius 1 is 1.21 bits per heavy atom. The van der Waals surface area contributed by atoms with Crippen LogP contribution in [0, 0.1) is 0 Å². The quantitative estimate of drug-likeness (QED) is 0.425. The van der Waals surface area contributed by atoms with Gasteiger partial charge < -0.3 is 10.4 Å². The largest absolute Gasteiger partial charge is 0.480 e. The highest BCUT2D eigenvalue weighted by molar-refractivity contribution is 6.29. The third kappa shape index (κ3) is 3.60. The van der Waals surface area contributed by atoms with Crippen molar-refractivity contribution in [1.29, 1.82) is 0 Å². The number of nitrogens with one attached hydrogen (secondary N) is 1. The number of carboxylic acid groups (broad SMARTS) is 1. The predicted octanol–water partition coefficient (Wildman–Crippen LogP) is 0.284. The summed E-state index contributed by atoms with van der Waals surface area (Å²) in [5, 5.41) is 11.4. The molecule has 0 aromatic carbocycles. The smallest absolute Gasteiger partial charge is 0.333 e. The normalized spacial score (nSPS) is 18.4. The van der Waals surface area contributed by atoms with E-state index in [1.165, 1.54) is 14.1 Å². The van der Waals surface area contributed by atoms with Crippen LogP contribution in [0.5, 0.6) is 0 Å². The third-order valence-corrected chi connectivity index (χ3v) is 3.83. The molecule has 1 aliphatic carbocycles. The molecule has 0 radical (unpaired) electrons. The average Bonchev–Trinajstić information content (AvgIpc) is 2.55. The van der Waals surface area contributed by atoms with Crippen LogP contribution in [0.4, 0.5) is 4.79 Å². The number of urea groups is 1. The number of allylic oxidation sites excluding steroid dienone is 4. The molecule has 24 heavy (non-hydrogen) atoms. The Kier molecular flexibility index (Phi) is 5.30. The van der Waals surface area contributed by atoms with Crippen LogP contribution in [0.2, 0.25) is 0 Å². The van der Waals surface area contributed by atoms with Crippen molar-refractivity contribution >= 4 is 23.8 Å². The Labute approximate surface area is 139 Å². The minimum atomic E-state index is -0.930. The second-order valence-electron chi connectivity index (χ2n) is 5.56. The second-order valence-corrected chi connectivity index (χ2v) is 5.56. The van der Waals surface area contributed by atoms with E-state index < -0.39 is 23.8 Å². The molecule has 0 aromatic rings. The monoisotopic (exact) mass is 333 g/mol. The zero-order valence-electron chi connectivity index (χ0n) is 13.5. The fraction of sp³-hybridized carbons (Fsp3) is 0.375. The molecule has 1 saturated heterocycles. The maximum absolute atomic E-state index is 12.3. The van der Waals surface area contributed by atoms with Crippen molar-refractivity contribution in [2.24, 2.45) is 0 Å². The molecule has 1 aliphatic heterocycles. The van der Waals surface area contributed by atoms with Crippen molar-refractivity contribution in [3.8, 4) is 0 Å². The lowest BCUT2D eigenvalue weighted by Crippen LogP contribution is -2.53. The maximum Gasteiger partial charge on any atom is 0.333 e. The number of hydrogen-bond acceptors (Lipinski definition) is 5. The number of nitrogens with zero attached hydrogens (tertiary/aromatic N) is 2. The van der Waals surface area contributed by atoms with Gasteiger partial charge in [0.05, 0.1) is 6.54 Å². The number of carboxylic acids is 1. The van der Waals surface area contributed by atoms with Crippen LogP contribution in [-0.4, -0.2) is 65.9 Å². The Bertz CT molecular complexity index is 664. The first-order valence-electron chi connectivity index (χ1n) is 7.45. The van der Waals surface area contributed by atoms with Crippen LogP contribution >= 0.6 is 0 Å². The first kappa shape index (κ1) is 17.6. The molecule has 1 fully saturated rings. The van der Waals surface area contributed by atoms with E-state index in [1.807, 2.05) is 12.2 Å². The lowest BCUT2D eigenvalue weighted by atomic mass is 9.93. The first-order chi connectivity index (χ1) is 11.3. The van der Waals surface area contributed by atoms with Gasteiger partial charge in [-0.25, -0.2) is 4.79 Å². The molecule has 0 saturated carbocycles. The van der Waals surface area contributed by atoms with Gasteiger partial charge in [0, 0.05) is 14.1 Å². The summed E-state index contributed by atoms with van der Waals surface area (Å²) in [7, 11) is 2.68. The molecular weight excluding hydrogens is 314 g/mol. The molecule has 0 bridgehead atoms. The third-order valence-electron chi connectivity index (χ3n) is 3.83. The van der Waals surface area contributed by atoms with E-state index in [0.717, 1.165) is 15.4 Å². The van der Waals surface area contributed by atoms with Gasteiger partial charge in [-0.2, -0.15) is 0 Å². The van der Waals surface area contributed by atoms with Gasteiger partial charge in [0.25, 0.3) is 11.8 Å². The molecule has 2 aliphatic rings. The van der Waals surface area contributed by atoms with Crippen LogP contribution in [-0.2, 0) is 14.4 Å². The topological polar surface area (TPSA) is 107 Å². The SMILES string of the molecule is CN1C(=O)C(=C2C=C(CCNCC(=O)O)C=CC2)C(=O)N(C)C1=O. The van der Waals surface area contributed by atoms with Gasteiger partial charge in [0.2, 0.25) is 0 Å². The second kappa shape index (κ2) is 7.22. The van der Waals surface area contributed by atoms with E-state index >= 15 is 0 Å². The summed E-state index contributed by atoms with van der Waals surface area (Å²) in [6.45, 7) is 0.338. The van der Waals surface area contributed by atoms with Gasteiger partial charge in [0.1, 0.15) is 5.57 Å². The van der Waals surface area contributed by atoms with Gasteiger partial charge in [-0.3, -0.25) is 24.2 Å². The van der Waals surface area contributed by atoms with E-state index in [2.05, 4.69) is 5.32 Å². The summed E-state index contributed by atoms with van der Waals surface area (Å²) in [5.41, 5.74) is 1.44. The van der Waals surface area contributed by atoms with Crippen molar-refractivity contribution in [1.82, 2.24) is 15.1 Å². The number of rotatable bonds is 5. The Morgan fingerprint density at radius 3 is 2.42 bits per heavy atom. The minimum absolute atomic E-state index is 0.0000508. The lowest BCUT2D eigenvalue weighted by molar-refractivity contribution is -0.136. The Balaban J connectivity index is 2.20. The molecule has 8 heteroatoms.